The maximum Gasteiger partial charge on any atom is 0.287 e. The second-order valence-corrected chi connectivity index (χ2v) is 5.20. The summed E-state index contributed by atoms with van der Waals surface area (Å²) in [6.45, 7) is 0.185. The lowest BCUT2D eigenvalue weighted by Crippen LogP contribution is -2.33. The van der Waals surface area contributed by atoms with Crippen LogP contribution in [0.2, 0.25) is 0 Å². The zero-order valence-electron chi connectivity index (χ0n) is 12.0. The highest BCUT2D eigenvalue weighted by Crippen LogP contribution is 2.18. The first kappa shape index (κ1) is 14.4. The van der Waals surface area contributed by atoms with Gasteiger partial charge < -0.3 is 14.8 Å². The third kappa shape index (κ3) is 3.35. The fraction of sp³-hybridized carbons (Fsp3) is 0.167. The Hall–Kier alpha value is -2.59. The maximum absolute atomic E-state index is 12.1. The minimum Gasteiger partial charge on any atom is -0.451 e. The van der Waals surface area contributed by atoms with E-state index in [1.807, 2.05) is 54.6 Å². The Bertz CT molecular complexity index is 731. The Balaban J connectivity index is 1.57. The van der Waals surface area contributed by atoms with Crippen LogP contribution in [0.5, 0.6) is 0 Å². The van der Waals surface area contributed by atoms with E-state index in [0.29, 0.717) is 12.0 Å². The minimum atomic E-state index is -0.629. The molecule has 1 unspecified atom stereocenters. The highest BCUT2D eigenvalue weighted by molar-refractivity contribution is 5.96. The quantitative estimate of drug-likeness (QED) is 0.761. The molecule has 0 aliphatic carbocycles. The third-order valence-electron chi connectivity index (χ3n) is 3.46. The molecule has 112 valence electrons. The largest absolute Gasteiger partial charge is 0.451 e. The number of carbonyl (C=O) groups is 1. The van der Waals surface area contributed by atoms with Crippen LogP contribution in [0.1, 0.15) is 16.1 Å². The highest BCUT2D eigenvalue weighted by atomic mass is 16.3. The number of fused-ring (bicyclic) bond motifs is 1. The molecule has 2 aromatic carbocycles. The molecule has 4 nitrogen and oxygen atoms in total. The summed E-state index contributed by atoms with van der Waals surface area (Å²) < 4.78 is 5.49. The number of benzene rings is 2. The van der Waals surface area contributed by atoms with Gasteiger partial charge in [-0.05, 0) is 17.7 Å². The Kier molecular flexibility index (Phi) is 4.21. The van der Waals surface area contributed by atoms with Gasteiger partial charge in [-0.15, -0.1) is 0 Å². The van der Waals surface area contributed by atoms with Crippen molar-refractivity contribution >= 4 is 16.9 Å². The molecule has 4 heteroatoms. The molecule has 2 N–H and O–H groups in total. The van der Waals surface area contributed by atoms with Gasteiger partial charge in [0, 0.05) is 18.4 Å². The molecule has 0 radical (unpaired) electrons. The Labute approximate surface area is 128 Å². The monoisotopic (exact) mass is 295 g/mol. The molecular weight excluding hydrogens is 278 g/mol. The summed E-state index contributed by atoms with van der Waals surface area (Å²) in [6, 6.07) is 18.8. The predicted molar refractivity (Wildman–Crippen MR) is 84.7 cm³/mol. The summed E-state index contributed by atoms with van der Waals surface area (Å²) in [5, 5.41) is 13.6. The van der Waals surface area contributed by atoms with Crippen molar-refractivity contribution in [2.45, 2.75) is 12.5 Å². The third-order valence-corrected chi connectivity index (χ3v) is 3.46. The van der Waals surface area contributed by atoms with Crippen LogP contribution in [0.25, 0.3) is 11.0 Å². The second-order valence-electron chi connectivity index (χ2n) is 5.20. The Morgan fingerprint density at radius 3 is 2.59 bits per heavy atom. The topological polar surface area (TPSA) is 62.5 Å². The molecule has 3 aromatic rings. The van der Waals surface area contributed by atoms with Gasteiger partial charge in [0.2, 0.25) is 0 Å². The fourth-order valence-corrected chi connectivity index (χ4v) is 2.35. The van der Waals surface area contributed by atoms with Crippen molar-refractivity contribution in [3.63, 3.8) is 0 Å². The van der Waals surface area contributed by atoms with Crippen LogP contribution in [0.3, 0.4) is 0 Å². The van der Waals surface area contributed by atoms with Crippen molar-refractivity contribution in [3.8, 4) is 0 Å². The number of hydrogen-bond donors (Lipinski definition) is 2. The van der Waals surface area contributed by atoms with Gasteiger partial charge in [0.15, 0.2) is 5.76 Å². The van der Waals surface area contributed by atoms with Crippen molar-refractivity contribution in [2.24, 2.45) is 0 Å². The number of aliphatic hydroxyl groups excluding tert-OH is 1. The molecule has 0 fully saturated rings. The van der Waals surface area contributed by atoms with Crippen LogP contribution in [0, 0.1) is 0 Å². The highest BCUT2D eigenvalue weighted by Gasteiger charge is 2.13. The molecule has 22 heavy (non-hydrogen) atoms. The molecule has 0 spiro atoms. The summed E-state index contributed by atoms with van der Waals surface area (Å²) >= 11 is 0. The number of nitrogens with one attached hydrogen (secondary N) is 1. The van der Waals surface area contributed by atoms with E-state index in [-0.39, 0.29) is 18.2 Å². The van der Waals surface area contributed by atoms with Gasteiger partial charge in [0.1, 0.15) is 5.58 Å². The van der Waals surface area contributed by atoms with Gasteiger partial charge >= 0.3 is 0 Å². The molecule has 1 aromatic heterocycles. The second kappa shape index (κ2) is 6.45. The van der Waals surface area contributed by atoms with E-state index >= 15 is 0 Å². The lowest BCUT2D eigenvalue weighted by Gasteiger charge is -2.11. The zero-order chi connectivity index (χ0) is 15.4. The summed E-state index contributed by atoms with van der Waals surface area (Å²) in [4.78, 5) is 12.1. The van der Waals surface area contributed by atoms with Crippen LogP contribution in [0.4, 0.5) is 0 Å². The number of aliphatic hydroxyl groups is 1. The smallest absolute Gasteiger partial charge is 0.287 e. The summed E-state index contributed by atoms with van der Waals surface area (Å²) in [7, 11) is 0. The van der Waals surface area contributed by atoms with Gasteiger partial charge in [0.05, 0.1) is 6.10 Å². The van der Waals surface area contributed by atoms with Crippen molar-refractivity contribution in [1.82, 2.24) is 5.32 Å². The van der Waals surface area contributed by atoms with Crippen molar-refractivity contribution in [2.75, 3.05) is 6.54 Å². The van der Waals surface area contributed by atoms with Crippen LogP contribution in [0.15, 0.2) is 65.1 Å². The SMILES string of the molecule is O=C(NCC(O)Cc1ccccc1)c1cc2ccccc2o1. The molecule has 0 saturated heterocycles. The number of furan rings is 1. The lowest BCUT2D eigenvalue weighted by molar-refractivity contribution is 0.0891. The van der Waals surface area contributed by atoms with Crippen LogP contribution < -0.4 is 5.32 Å². The molecule has 0 saturated carbocycles. The van der Waals surface area contributed by atoms with E-state index in [1.165, 1.54) is 0 Å². The molecule has 0 aliphatic heterocycles. The minimum absolute atomic E-state index is 0.185. The number of hydrogen-bond acceptors (Lipinski definition) is 3. The van der Waals surface area contributed by atoms with E-state index in [1.54, 1.807) is 6.07 Å². The lowest BCUT2D eigenvalue weighted by atomic mass is 10.1. The summed E-state index contributed by atoms with van der Waals surface area (Å²) in [6.07, 6.45) is -0.128. The number of carbonyl (C=O) groups excluding carboxylic acids is 1. The molecule has 0 bridgehead atoms. The zero-order valence-corrected chi connectivity index (χ0v) is 12.0. The number of rotatable bonds is 5. The van der Waals surface area contributed by atoms with E-state index in [9.17, 15) is 9.90 Å². The average Bonchev–Trinajstić information content (AvgIpc) is 2.98. The number of para-hydroxylation sites is 1. The van der Waals surface area contributed by atoms with Crippen molar-refractivity contribution in [3.05, 3.63) is 72.0 Å². The van der Waals surface area contributed by atoms with Gasteiger partial charge in [-0.25, -0.2) is 0 Å². The molecule has 1 atom stereocenters. The summed E-state index contributed by atoms with van der Waals surface area (Å²) in [5.74, 6) is -0.0589. The van der Waals surface area contributed by atoms with E-state index < -0.39 is 6.10 Å². The van der Waals surface area contributed by atoms with Gasteiger partial charge in [-0.1, -0.05) is 48.5 Å². The van der Waals surface area contributed by atoms with E-state index in [4.69, 9.17) is 4.42 Å². The van der Waals surface area contributed by atoms with Gasteiger partial charge in [0.25, 0.3) is 5.91 Å². The summed E-state index contributed by atoms with van der Waals surface area (Å²) in [5.41, 5.74) is 1.71. The Morgan fingerprint density at radius 2 is 1.82 bits per heavy atom. The van der Waals surface area contributed by atoms with E-state index in [0.717, 1.165) is 10.9 Å². The first-order chi connectivity index (χ1) is 10.7. The van der Waals surface area contributed by atoms with E-state index in [2.05, 4.69) is 5.32 Å². The first-order valence-corrected chi connectivity index (χ1v) is 7.21. The normalized spacial score (nSPS) is 12.2. The first-order valence-electron chi connectivity index (χ1n) is 7.21. The Morgan fingerprint density at radius 1 is 1.09 bits per heavy atom. The average molecular weight is 295 g/mol. The van der Waals surface area contributed by atoms with Gasteiger partial charge in [-0.2, -0.15) is 0 Å². The molecular formula is C18H17NO3. The number of amides is 1. The van der Waals surface area contributed by atoms with Crippen LogP contribution in [-0.4, -0.2) is 23.7 Å². The standard InChI is InChI=1S/C18H17NO3/c20-15(10-13-6-2-1-3-7-13)12-19-18(21)17-11-14-8-4-5-9-16(14)22-17/h1-9,11,15,20H,10,12H2,(H,19,21). The molecule has 1 heterocycles. The molecule has 0 aliphatic rings. The fourth-order valence-electron chi connectivity index (χ4n) is 2.35. The van der Waals surface area contributed by atoms with Crippen molar-refractivity contribution in [1.29, 1.82) is 0 Å². The molecule has 3 rings (SSSR count). The van der Waals surface area contributed by atoms with Crippen LogP contribution in [-0.2, 0) is 6.42 Å². The predicted octanol–water partition coefficient (Wildman–Crippen LogP) is 2.77. The van der Waals surface area contributed by atoms with Gasteiger partial charge in [-0.3, -0.25) is 4.79 Å². The van der Waals surface area contributed by atoms with Crippen molar-refractivity contribution < 1.29 is 14.3 Å². The van der Waals surface area contributed by atoms with Crippen LogP contribution >= 0.6 is 0 Å². The maximum atomic E-state index is 12.1. The molecule has 1 amide bonds.